The van der Waals surface area contributed by atoms with Crippen LogP contribution in [0.5, 0.6) is 0 Å². The maximum Gasteiger partial charge on any atom is 0.417 e. The number of rotatable bonds is 2. The van der Waals surface area contributed by atoms with Gasteiger partial charge in [0.25, 0.3) is 0 Å². The van der Waals surface area contributed by atoms with Crippen molar-refractivity contribution in [1.29, 1.82) is 5.26 Å². The Balaban J connectivity index is 2.26. The molecule has 0 aromatic heterocycles. The van der Waals surface area contributed by atoms with Crippen LogP contribution in [0.2, 0.25) is 0 Å². The molecule has 0 amide bonds. The second-order valence-electron chi connectivity index (χ2n) is 4.15. The monoisotopic (exact) mass is 252 g/mol. The average Bonchev–Trinajstić information content (AvgIpc) is 2.80. The Hall–Kier alpha value is -1.96. The van der Waals surface area contributed by atoms with Crippen LogP contribution in [-0.4, -0.2) is 6.04 Å². The number of alkyl halides is 3. The van der Waals surface area contributed by atoms with Crippen LogP contribution in [0.3, 0.4) is 0 Å². The highest BCUT2D eigenvalue weighted by atomic mass is 19.4. The van der Waals surface area contributed by atoms with Crippen molar-refractivity contribution < 1.29 is 13.2 Å². The van der Waals surface area contributed by atoms with E-state index in [4.69, 9.17) is 5.26 Å². The van der Waals surface area contributed by atoms with Crippen molar-refractivity contribution in [2.75, 3.05) is 5.32 Å². The van der Waals surface area contributed by atoms with E-state index in [1.807, 2.05) is 12.2 Å². The van der Waals surface area contributed by atoms with Gasteiger partial charge in [0.1, 0.15) is 0 Å². The van der Waals surface area contributed by atoms with Crippen LogP contribution < -0.4 is 5.32 Å². The molecule has 18 heavy (non-hydrogen) atoms. The molecule has 0 bridgehead atoms. The Morgan fingerprint density at radius 1 is 1.22 bits per heavy atom. The fraction of sp³-hybridized carbons (Fsp3) is 0.308. The lowest BCUT2D eigenvalue weighted by atomic mass is 10.1. The number of nitriles is 1. The summed E-state index contributed by atoms with van der Waals surface area (Å²) in [5, 5.41) is 11.7. The molecule has 0 spiro atoms. The average molecular weight is 252 g/mol. The van der Waals surface area contributed by atoms with Crippen LogP contribution in [-0.2, 0) is 6.18 Å². The number of hydrogen-bond donors (Lipinski definition) is 1. The molecule has 0 atom stereocenters. The number of halogens is 3. The molecule has 0 fully saturated rings. The third-order valence-electron chi connectivity index (χ3n) is 2.82. The van der Waals surface area contributed by atoms with Gasteiger partial charge in [-0.3, -0.25) is 0 Å². The van der Waals surface area contributed by atoms with Gasteiger partial charge in [0, 0.05) is 11.7 Å². The zero-order chi connectivity index (χ0) is 13.2. The molecule has 1 aliphatic rings. The largest absolute Gasteiger partial charge is 0.417 e. The van der Waals surface area contributed by atoms with Crippen LogP contribution >= 0.6 is 0 Å². The van der Waals surface area contributed by atoms with Crippen LogP contribution in [0, 0.1) is 11.3 Å². The second kappa shape index (κ2) is 4.73. The van der Waals surface area contributed by atoms with E-state index in [1.165, 1.54) is 12.1 Å². The molecule has 1 aromatic rings. The van der Waals surface area contributed by atoms with Gasteiger partial charge in [-0.1, -0.05) is 12.2 Å². The second-order valence-corrected chi connectivity index (χ2v) is 4.15. The topological polar surface area (TPSA) is 35.8 Å². The lowest BCUT2D eigenvalue weighted by Gasteiger charge is -2.16. The van der Waals surface area contributed by atoms with E-state index >= 15 is 0 Å². The van der Waals surface area contributed by atoms with Crippen molar-refractivity contribution >= 4 is 5.69 Å². The van der Waals surface area contributed by atoms with E-state index in [2.05, 4.69) is 5.32 Å². The zero-order valence-electron chi connectivity index (χ0n) is 9.46. The van der Waals surface area contributed by atoms with E-state index in [0.29, 0.717) is 5.69 Å². The van der Waals surface area contributed by atoms with Gasteiger partial charge in [0.15, 0.2) is 0 Å². The van der Waals surface area contributed by atoms with Gasteiger partial charge in [-0.05, 0) is 31.0 Å². The summed E-state index contributed by atoms with van der Waals surface area (Å²) in [5.74, 6) is 0. The molecule has 5 heteroatoms. The van der Waals surface area contributed by atoms with Crippen molar-refractivity contribution in [2.45, 2.75) is 25.1 Å². The first-order chi connectivity index (χ1) is 8.50. The predicted octanol–water partition coefficient (Wildman–Crippen LogP) is 3.71. The standard InChI is InChI=1S/C13H11F3N2/c14-13(15,16)12-7-11(6-5-9(12)8-17)18-10-3-1-2-4-10/h1-2,5-7,10,18H,3-4H2. The van der Waals surface area contributed by atoms with Crippen LogP contribution in [0.1, 0.15) is 24.0 Å². The Labute approximate surface area is 103 Å². The molecule has 0 aliphatic heterocycles. The van der Waals surface area contributed by atoms with Gasteiger partial charge in [0.2, 0.25) is 0 Å². The van der Waals surface area contributed by atoms with Crippen molar-refractivity contribution in [1.82, 2.24) is 0 Å². The zero-order valence-corrected chi connectivity index (χ0v) is 9.46. The first kappa shape index (κ1) is 12.5. The smallest absolute Gasteiger partial charge is 0.382 e. The Kier molecular flexibility index (Phi) is 3.28. The highest BCUT2D eigenvalue weighted by Crippen LogP contribution is 2.34. The van der Waals surface area contributed by atoms with Gasteiger partial charge in [-0.25, -0.2) is 0 Å². The van der Waals surface area contributed by atoms with Crippen molar-refractivity contribution in [3.8, 4) is 6.07 Å². The Morgan fingerprint density at radius 2 is 1.89 bits per heavy atom. The van der Waals surface area contributed by atoms with Gasteiger partial charge < -0.3 is 5.32 Å². The molecule has 0 saturated carbocycles. The quantitative estimate of drug-likeness (QED) is 0.814. The minimum absolute atomic E-state index is 0.138. The van der Waals surface area contributed by atoms with Gasteiger partial charge in [-0.2, -0.15) is 18.4 Å². The number of benzene rings is 1. The first-order valence-corrected chi connectivity index (χ1v) is 5.53. The van der Waals surface area contributed by atoms with E-state index in [0.717, 1.165) is 18.9 Å². The third-order valence-corrected chi connectivity index (χ3v) is 2.82. The number of nitrogens with zero attached hydrogens (tertiary/aromatic N) is 1. The molecule has 1 N–H and O–H groups in total. The summed E-state index contributed by atoms with van der Waals surface area (Å²) in [5.41, 5.74) is -0.839. The van der Waals surface area contributed by atoms with Gasteiger partial charge >= 0.3 is 6.18 Å². The molecule has 0 unspecified atom stereocenters. The summed E-state index contributed by atoms with van der Waals surface area (Å²) in [6, 6.07) is 5.41. The summed E-state index contributed by atoms with van der Waals surface area (Å²) in [4.78, 5) is 0. The van der Waals surface area contributed by atoms with E-state index in [1.54, 1.807) is 6.07 Å². The summed E-state index contributed by atoms with van der Waals surface area (Å²) in [6.45, 7) is 0. The molecule has 2 nitrogen and oxygen atoms in total. The molecule has 1 aromatic carbocycles. The van der Waals surface area contributed by atoms with E-state index in [9.17, 15) is 13.2 Å². The molecular weight excluding hydrogens is 241 g/mol. The van der Waals surface area contributed by atoms with Crippen LogP contribution in [0.4, 0.5) is 18.9 Å². The third kappa shape index (κ3) is 2.65. The molecule has 0 radical (unpaired) electrons. The summed E-state index contributed by atoms with van der Waals surface area (Å²) < 4.78 is 38.2. The minimum Gasteiger partial charge on any atom is -0.382 e. The minimum atomic E-state index is -4.50. The molecule has 94 valence electrons. The molecule has 0 saturated heterocycles. The lowest BCUT2D eigenvalue weighted by molar-refractivity contribution is -0.137. The molecule has 1 aliphatic carbocycles. The van der Waals surface area contributed by atoms with Crippen molar-refractivity contribution in [3.05, 3.63) is 41.5 Å². The number of anilines is 1. The highest BCUT2D eigenvalue weighted by Gasteiger charge is 2.33. The van der Waals surface area contributed by atoms with E-state index < -0.39 is 11.7 Å². The summed E-state index contributed by atoms with van der Waals surface area (Å²) in [6.07, 6.45) is 1.09. The van der Waals surface area contributed by atoms with Crippen molar-refractivity contribution in [2.24, 2.45) is 0 Å². The number of hydrogen-bond acceptors (Lipinski definition) is 2. The Morgan fingerprint density at radius 3 is 2.44 bits per heavy atom. The lowest BCUT2D eigenvalue weighted by Crippen LogP contribution is -2.16. The predicted molar refractivity (Wildman–Crippen MR) is 61.9 cm³/mol. The normalized spacial score (nSPS) is 15.7. The van der Waals surface area contributed by atoms with Gasteiger partial charge in [-0.15, -0.1) is 0 Å². The fourth-order valence-corrected chi connectivity index (χ4v) is 1.94. The molecule has 0 heterocycles. The summed E-state index contributed by atoms with van der Waals surface area (Å²) >= 11 is 0. The van der Waals surface area contributed by atoms with Crippen molar-refractivity contribution in [3.63, 3.8) is 0 Å². The maximum atomic E-state index is 12.7. The Bertz CT molecular complexity index is 504. The van der Waals surface area contributed by atoms with Crippen LogP contribution in [0.25, 0.3) is 0 Å². The first-order valence-electron chi connectivity index (χ1n) is 5.53. The fourth-order valence-electron chi connectivity index (χ4n) is 1.94. The number of nitrogens with one attached hydrogen (secondary N) is 1. The summed E-state index contributed by atoms with van der Waals surface area (Å²) in [7, 11) is 0. The van der Waals surface area contributed by atoms with E-state index in [-0.39, 0.29) is 11.6 Å². The SMILES string of the molecule is N#Cc1ccc(NC2CC=CC2)cc1C(F)(F)F. The maximum absolute atomic E-state index is 12.7. The van der Waals surface area contributed by atoms with Crippen LogP contribution in [0.15, 0.2) is 30.4 Å². The molecular formula is C13H11F3N2. The van der Waals surface area contributed by atoms with Gasteiger partial charge in [0.05, 0.1) is 17.2 Å². The molecule has 2 rings (SSSR count). The highest BCUT2D eigenvalue weighted by molar-refractivity contribution is 5.53.